The van der Waals surface area contributed by atoms with Gasteiger partial charge in [-0.2, -0.15) is 0 Å². The lowest BCUT2D eigenvalue weighted by atomic mass is 10.1. The van der Waals surface area contributed by atoms with E-state index in [4.69, 9.17) is 5.73 Å². The Morgan fingerprint density at radius 3 is 2.56 bits per heavy atom. The van der Waals surface area contributed by atoms with Crippen LogP contribution in [0.25, 0.3) is 0 Å². The fourth-order valence-corrected chi connectivity index (χ4v) is 1.53. The summed E-state index contributed by atoms with van der Waals surface area (Å²) in [4.78, 5) is 11.8. The van der Waals surface area contributed by atoms with Crippen LogP contribution in [0.5, 0.6) is 5.75 Å². The maximum atomic E-state index is 13.5. The third-order valence-corrected chi connectivity index (χ3v) is 2.43. The summed E-state index contributed by atoms with van der Waals surface area (Å²) in [6, 6.07) is 10.3. The highest BCUT2D eigenvalue weighted by Crippen LogP contribution is 2.23. The first kappa shape index (κ1) is 11.9. The van der Waals surface area contributed by atoms with Gasteiger partial charge in [0.15, 0.2) is 0 Å². The van der Waals surface area contributed by atoms with Crippen molar-refractivity contribution < 1.29 is 14.3 Å². The first-order valence-electron chi connectivity index (χ1n) is 5.23. The third kappa shape index (κ3) is 2.24. The molecule has 0 aliphatic heterocycles. The van der Waals surface area contributed by atoms with E-state index in [0.717, 1.165) is 6.07 Å². The molecular weight excluding hydrogens is 235 g/mol. The number of nitrogen functional groups attached to an aromatic ring is 1. The van der Waals surface area contributed by atoms with Crippen molar-refractivity contribution in [3.05, 3.63) is 53.8 Å². The molecule has 0 atom stereocenters. The predicted octanol–water partition coefficient (Wildman–Crippen LogP) is 2.37. The summed E-state index contributed by atoms with van der Waals surface area (Å²) in [5, 5.41) is 11.9. The Labute approximate surface area is 103 Å². The number of carbonyl (C=O) groups excluding carboxylic acids is 1. The summed E-state index contributed by atoms with van der Waals surface area (Å²) in [5.74, 6) is -1.95. The molecule has 0 radical (unpaired) electrons. The Hall–Kier alpha value is -2.56. The van der Waals surface area contributed by atoms with Crippen molar-refractivity contribution in [1.29, 1.82) is 0 Å². The van der Waals surface area contributed by atoms with Gasteiger partial charge in [-0.05, 0) is 24.3 Å². The number of benzene rings is 2. The second-order valence-electron chi connectivity index (χ2n) is 3.68. The van der Waals surface area contributed by atoms with Crippen molar-refractivity contribution in [3.8, 4) is 5.75 Å². The lowest BCUT2D eigenvalue weighted by molar-refractivity contribution is 0.102. The van der Waals surface area contributed by atoms with E-state index in [0.29, 0.717) is 11.4 Å². The number of nitrogens with one attached hydrogen (secondary N) is 1. The number of anilines is 2. The van der Waals surface area contributed by atoms with E-state index >= 15 is 0 Å². The first-order chi connectivity index (χ1) is 8.59. The van der Waals surface area contributed by atoms with E-state index in [-0.39, 0.29) is 0 Å². The maximum Gasteiger partial charge on any atom is 0.262 e. The van der Waals surface area contributed by atoms with Gasteiger partial charge < -0.3 is 16.2 Å². The van der Waals surface area contributed by atoms with Crippen molar-refractivity contribution in [3.63, 3.8) is 0 Å². The second kappa shape index (κ2) is 4.75. The summed E-state index contributed by atoms with van der Waals surface area (Å²) >= 11 is 0. The quantitative estimate of drug-likeness (QED) is 0.712. The van der Waals surface area contributed by atoms with Crippen LogP contribution in [0.3, 0.4) is 0 Å². The Bertz CT molecular complexity index is 579. The van der Waals surface area contributed by atoms with E-state index < -0.39 is 23.0 Å². The zero-order valence-corrected chi connectivity index (χ0v) is 9.35. The number of aromatic hydroxyl groups is 1. The minimum atomic E-state index is -0.790. The van der Waals surface area contributed by atoms with Crippen LogP contribution in [0.1, 0.15) is 10.4 Å². The molecule has 0 heterocycles. The molecule has 2 aromatic rings. The van der Waals surface area contributed by atoms with E-state index in [1.165, 1.54) is 12.1 Å². The predicted molar refractivity (Wildman–Crippen MR) is 66.9 cm³/mol. The number of amides is 1. The number of phenolic OH excluding ortho intramolecular Hbond substituents is 1. The largest absolute Gasteiger partial charge is 0.507 e. The molecule has 1 amide bonds. The van der Waals surface area contributed by atoms with Gasteiger partial charge in [0.05, 0.1) is 11.4 Å². The van der Waals surface area contributed by atoms with Gasteiger partial charge in [-0.1, -0.05) is 18.2 Å². The molecule has 0 saturated heterocycles. The van der Waals surface area contributed by atoms with Crippen LogP contribution in [-0.2, 0) is 0 Å². The standard InChI is InChI=1S/C13H11FN2O2/c14-8-4-3-7-11(17)12(8)13(18)16-10-6-2-1-5-9(10)15/h1-7,17H,15H2,(H,16,18). The van der Waals surface area contributed by atoms with Gasteiger partial charge in [-0.15, -0.1) is 0 Å². The van der Waals surface area contributed by atoms with Crippen LogP contribution >= 0.6 is 0 Å². The van der Waals surface area contributed by atoms with Gasteiger partial charge in [0.2, 0.25) is 0 Å². The normalized spacial score (nSPS) is 10.1. The number of carbonyl (C=O) groups is 1. The summed E-state index contributed by atoms with van der Waals surface area (Å²) in [6.07, 6.45) is 0. The monoisotopic (exact) mass is 246 g/mol. The number of halogens is 1. The molecule has 4 nitrogen and oxygen atoms in total. The number of hydrogen-bond donors (Lipinski definition) is 3. The fourth-order valence-electron chi connectivity index (χ4n) is 1.53. The SMILES string of the molecule is Nc1ccccc1NC(=O)c1c(O)cccc1F. The summed E-state index contributed by atoms with van der Waals surface area (Å²) in [5.41, 5.74) is 5.98. The highest BCUT2D eigenvalue weighted by atomic mass is 19.1. The van der Waals surface area contributed by atoms with Crippen LogP contribution in [0.4, 0.5) is 15.8 Å². The molecule has 0 unspecified atom stereocenters. The van der Waals surface area contributed by atoms with Crippen molar-refractivity contribution in [2.24, 2.45) is 0 Å². The molecule has 2 aromatic carbocycles. The summed E-state index contributed by atoms with van der Waals surface area (Å²) in [7, 11) is 0. The number of hydrogen-bond acceptors (Lipinski definition) is 3. The van der Waals surface area contributed by atoms with E-state index in [1.54, 1.807) is 24.3 Å². The van der Waals surface area contributed by atoms with Gasteiger partial charge in [0.1, 0.15) is 17.1 Å². The van der Waals surface area contributed by atoms with Crippen molar-refractivity contribution in [1.82, 2.24) is 0 Å². The lowest BCUT2D eigenvalue weighted by Gasteiger charge is -2.09. The second-order valence-corrected chi connectivity index (χ2v) is 3.68. The van der Waals surface area contributed by atoms with Crippen LogP contribution in [0.2, 0.25) is 0 Å². The molecule has 0 bridgehead atoms. The molecule has 0 aliphatic carbocycles. The summed E-state index contributed by atoms with van der Waals surface area (Å²) < 4.78 is 13.5. The highest BCUT2D eigenvalue weighted by Gasteiger charge is 2.17. The molecule has 0 spiro atoms. The Balaban J connectivity index is 2.31. The van der Waals surface area contributed by atoms with Gasteiger partial charge in [-0.3, -0.25) is 4.79 Å². The molecule has 18 heavy (non-hydrogen) atoms. The van der Waals surface area contributed by atoms with Crippen molar-refractivity contribution in [2.45, 2.75) is 0 Å². The van der Waals surface area contributed by atoms with Crippen molar-refractivity contribution in [2.75, 3.05) is 11.1 Å². The number of phenols is 1. The van der Waals surface area contributed by atoms with Crippen LogP contribution in [0, 0.1) is 5.82 Å². The Morgan fingerprint density at radius 2 is 1.89 bits per heavy atom. The Morgan fingerprint density at radius 1 is 1.17 bits per heavy atom. The maximum absolute atomic E-state index is 13.5. The smallest absolute Gasteiger partial charge is 0.262 e. The average Bonchev–Trinajstić information content (AvgIpc) is 2.32. The summed E-state index contributed by atoms with van der Waals surface area (Å²) in [6.45, 7) is 0. The number of rotatable bonds is 2. The molecule has 0 fully saturated rings. The minimum absolute atomic E-state index is 0.363. The van der Waals surface area contributed by atoms with Gasteiger partial charge in [0, 0.05) is 0 Å². The average molecular weight is 246 g/mol. The van der Waals surface area contributed by atoms with E-state index in [9.17, 15) is 14.3 Å². The molecular formula is C13H11FN2O2. The highest BCUT2D eigenvalue weighted by molar-refractivity contribution is 6.07. The molecule has 0 aliphatic rings. The third-order valence-electron chi connectivity index (χ3n) is 2.43. The van der Waals surface area contributed by atoms with Crippen LogP contribution < -0.4 is 11.1 Å². The van der Waals surface area contributed by atoms with Gasteiger partial charge >= 0.3 is 0 Å². The lowest BCUT2D eigenvalue weighted by Crippen LogP contribution is -2.15. The molecule has 92 valence electrons. The number of para-hydroxylation sites is 2. The van der Waals surface area contributed by atoms with E-state index in [1.807, 2.05) is 0 Å². The van der Waals surface area contributed by atoms with E-state index in [2.05, 4.69) is 5.32 Å². The molecule has 0 saturated carbocycles. The molecule has 4 N–H and O–H groups in total. The van der Waals surface area contributed by atoms with Crippen LogP contribution in [0.15, 0.2) is 42.5 Å². The van der Waals surface area contributed by atoms with Gasteiger partial charge in [0.25, 0.3) is 5.91 Å². The minimum Gasteiger partial charge on any atom is -0.507 e. The fraction of sp³-hybridized carbons (Fsp3) is 0. The van der Waals surface area contributed by atoms with Gasteiger partial charge in [-0.25, -0.2) is 4.39 Å². The molecule has 5 heteroatoms. The van der Waals surface area contributed by atoms with Crippen molar-refractivity contribution >= 4 is 17.3 Å². The first-order valence-corrected chi connectivity index (χ1v) is 5.23. The van der Waals surface area contributed by atoms with Crippen LogP contribution in [-0.4, -0.2) is 11.0 Å². The number of nitrogens with two attached hydrogens (primary N) is 1. The zero-order valence-electron chi connectivity index (χ0n) is 9.35. The topological polar surface area (TPSA) is 75.3 Å². The zero-order chi connectivity index (χ0) is 13.1. The molecule has 0 aromatic heterocycles. The Kier molecular flexibility index (Phi) is 3.14. The molecule has 2 rings (SSSR count).